The van der Waals surface area contributed by atoms with Crippen molar-refractivity contribution in [1.29, 1.82) is 0 Å². The van der Waals surface area contributed by atoms with E-state index < -0.39 is 7.42 Å². The largest absolute Gasteiger partial charge is 0.279 e. The van der Waals surface area contributed by atoms with Gasteiger partial charge in [0, 0.05) is 0 Å². The van der Waals surface area contributed by atoms with Crippen LogP contribution in [0.1, 0.15) is 27.7 Å². The molecule has 0 fully saturated rings. The molecule has 0 N–H and O–H groups in total. The van der Waals surface area contributed by atoms with Crippen LogP contribution in [-0.2, 0) is 0 Å². The second kappa shape index (κ2) is 3.27. The third-order valence-corrected chi connectivity index (χ3v) is 6.40. The Morgan fingerprint density at radius 1 is 1.22 bits per heavy atom. The molecule has 0 aromatic heterocycles. The normalized spacial score (nSPS) is 13.3. The summed E-state index contributed by atoms with van der Waals surface area (Å²) in [5.41, 5.74) is 0. The number of rotatable bonds is 2. The molecule has 0 aliphatic carbocycles. The van der Waals surface area contributed by atoms with Crippen LogP contribution in [0.4, 0.5) is 0 Å². The van der Waals surface area contributed by atoms with Gasteiger partial charge in [-0.1, -0.05) is 27.7 Å². The Morgan fingerprint density at radius 3 is 1.56 bits per heavy atom. The van der Waals surface area contributed by atoms with Crippen LogP contribution in [0, 0.1) is 5.92 Å². The fourth-order valence-electron chi connectivity index (χ4n) is 0.218. The van der Waals surface area contributed by atoms with Crippen molar-refractivity contribution in [1.82, 2.24) is 0 Å². The van der Waals surface area contributed by atoms with Crippen LogP contribution in [0.3, 0.4) is 0 Å². The van der Waals surface area contributed by atoms with Crippen molar-refractivity contribution in [3.8, 4) is 0 Å². The molecule has 0 rings (SSSR count). The van der Waals surface area contributed by atoms with E-state index in [9.17, 15) is 0 Å². The van der Waals surface area contributed by atoms with Gasteiger partial charge in [-0.25, -0.2) is 0 Å². The Morgan fingerprint density at radius 2 is 1.56 bits per heavy atom. The number of halogens is 2. The zero-order chi connectivity index (χ0) is 7.65. The highest BCUT2D eigenvalue weighted by Crippen LogP contribution is 2.40. The predicted molar refractivity (Wildman–Crippen MR) is 46.3 cm³/mol. The molecule has 0 bridgehead atoms. The summed E-state index contributed by atoms with van der Waals surface area (Å²) in [4.78, 5) is 0. The fourth-order valence-corrected chi connectivity index (χ4v) is 1.96. The van der Waals surface area contributed by atoms with E-state index in [0.29, 0.717) is 5.92 Å². The second-order valence-electron chi connectivity index (χ2n) is 3.14. The first-order valence-electron chi connectivity index (χ1n) is 3.07. The quantitative estimate of drug-likeness (QED) is 0.455. The van der Waals surface area contributed by atoms with Gasteiger partial charge in [0.25, 0.3) is 7.42 Å². The maximum atomic E-state index is 5.83. The molecular formula is C6H13Cl2Si. The summed E-state index contributed by atoms with van der Waals surface area (Å²) in [6, 6.07) is 0. The SMILES string of the molecule is CC(C)C(C)(C)[Si](Cl)Cl. The Bertz CT molecular complexity index is 79.1. The average Bonchev–Trinajstić information content (AvgIpc) is 1.65. The molecule has 0 aromatic carbocycles. The van der Waals surface area contributed by atoms with E-state index in [2.05, 4.69) is 27.7 Å². The highest BCUT2D eigenvalue weighted by atomic mass is 35.7. The second-order valence-corrected chi connectivity index (χ2v) is 7.79. The molecule has 0 unspecified atom stereocenters. The molecule has 55 valence electrons. The summed E-state index contributed by atoms with van der Waals surface area (Å²) in [6.07, 6.45) is 0. The summed E-state index contributed by atoms with van der Waals surface area (Å²) < 4.78 is 0. The standard InChI is InChI=1S/C6H13Cl2Si/c1-5(2)6(3,4)9(7)8/h5H,1-4H3. The van der Waals surface area contributed by atoms with Crippen molar-refractivity contribution in [2.24, 2.45) is 5.92 Å². The lowest BCUT2D eigenvalue weighted by Gasteiger charge is -2.28. The Kier molecular flexibility index (Phi) is 3.55. The van der Waals surface area contributed by atoms with Crippen LogP contribution in [-0.4, -0.2) is 7.42 Å². The maximum Gasteiger partial charge on any atom is 0.279 e. The van der Waals surface area contributed by atoms with Gasteiger partial charge in [0.15, 0.2) is 0 Å². The lowest BCUT2D eigenvalue weighted by atomic mass is 9.99. The summed E-state index contributed by atoms with van der Waals surface area (Å²) in [6.45, 7) is 8.53. The lowest BCUT2D eigenvalue weighted by Crippen LogP contribution is -2.22. The van der Waals surface area contributed by atoms with E-state index in [1.807, 2.05) is 0 Å². The third kappa shape index (κ3) is 2.48. The molecule has 3 heteroatoms. The average molecular weight is 184 g/mol. The van der Waals surface area contributed by atoms with E-state index >= 15 is 0 Å². The van der Waals surface area contributed by atoms with Gasteiger partial charge in [-0.3, -0.25) is 0 Å². The zero-order valence-corrected chi connectivity index (χ0v) is 8.85. The first-order chi connectivity index (χ1) is 3.89. The topological polar surface area (TPSA) is 0 Å². The van der Waals surface area contributed by atoms with Crippen molar-refractivity contribution in [2.75, 3.05) is 0 Å². The van der Waals surface area contributed by atoms with E-state index in [1.165, 1.54) is 0 Å². The zero-order valence-electron chi connectivity index (χ0n) is 6.33. The Labute approximate surface area is 68.6 Å². The van der Waals surface area contributed by atoms with Gasteiger partial charge in [0.05, 0.1) is 0 Å². The van der Waals surface area contributed by atoms with Gasteiger partial charge in [-0.2, -0.15) is 0 Å². The van der Waals surface area contributed by atoms with Crippen LogP contribution in [0.5, 0.6) is 0 Å². The highest BCUT2D eigenvalue weighted by molar-refractivity contribution is 7.35. The predicted octanol–water partition coefficient (Wildman–Crippen LogP) is 3.39. The van der Waals surface area contributed by atoms with Crippen LogP contribution in [0.25, 0.3) is 0 Å². The van der Waals surface area contributed by atoms with Gasteiger partial charge in [0.2, 0.25) is 0 Å². The molecule has 0 atom stereocenters. The molecule has 1 radical (unpaired) electrons. The third-order valence-electron chi connectivity index (χ3n) is 1.93. The number of hydrogen-bond acceptors (Lipinski definition) is 0. The van der Waals surface area contributed by atoms with Crippen LogP contribution >= 0.6 is 22.2 Å². The summed E-state index contributed by atoms with van der Waals surface area (Å²) in [5.74, 6) is 0.571. The molecule has 0 saturated heterocycles. The fraction of sp³-hybridized carbons (Fsp3) is 1.00. The molecule has 0 spiro atoms. The molecule has 0 aliphatic rings. The molecule has 0 amide bonds. The van der Waals surface area contributed by atoms with Crippen molar-refractivity contribution in [2.45, 2.75) is 32.7 Å². The Hall–Kier alpha value is 0.797. The molecule has 0 aromatic rings. The summed E-state index contributed by atoms with van der Waals surface area (Å²) in [5, 5.41) is 0.133. The van der Waals surface area contributed by atoms with Gasteiger partial charge < -0.3 is 0 Å². The molecule has 0 saturated carbocycles. The lowest BCUT2D eigenvalue weighted by molar-refractivity contribution is 0.476. The van der Waals surface area contributed by atoms with E-state index in [0.717, 1.165) is 0 Å². The molecular weight excluding hydrogens is 171 g/mol. The minimum absolute atomic E-state index is 0.133. The molecule has 0 nitrogen and oxygen atoms in total. The first-order valence-corrected chi connectivity index (χ1v) is 6.60. The highest BCUT2D eigenvalue weighted by Gasteiger charge is 2.32. The van der Waals surface area contributed by atoms with E-state index in [-0.39, 0.29) is 5.04 Å². The van der Waals surface area contributed by atoms with Gasteiger partial charge in [0.1, 0.15) is 0 Å². The van der Waals surface area contributed by atoms with Crippen LogP contribution < -0.4 is 0 Å². The maximum absolute atomic E-state index is 5.83. The summed E-state index contributed by atoms with van der Waals surface area (Å²) in [7, 11) is -1.17. The van der Waals surface area contributed by atoms with E-state index in [4.69, 9.17) is 22.2 Å². The van der Waals surface area contributed by atoms with Crippen molar-refractivity contribution >= 4 is 29.6 Å². The smallest absolute Gasteiger partial charge is 0.146 e. The van der Waals surface area contributed by atoms with Crippen molar-refractivity contribution < 1.29 is 0 Å². The van der Waals surface area contributed by atoms with Crippen molar-refractivity contribution in [3.05, 3.63) is 0 Å². The minimum Gasteiger partial charge on any atom is -0.146 e. The molecule has 0 aliphatic heterocycles. The van der Waals surface area contributed by atoms with Gasteiger partial charge >= 0.3 is 0 Å². The summed E-state index contributed by atoms with van der Waals surface area (Å²) >= 11 is 11.7. The first kappa shape index (κ1) is 9.80. The molecule has 0 heterocycles. The van der Waals surface area contributed by atoms with Crippen LogP contribution in [0.2, 0.25) is 5.04 Å². The van der Waals surface area contributed by atoms with E-state index in [1.54, 1.807) is 0 Å². The van der Waals surface area contributed by atoms with Gasteiger partial charge in [-0.05, 0) is 11.0 Å². The number of hydrogen-bond donors (Lipinski definition) is 0. The molecule has 9 heavy (non-hydrogen) atoms. The van der Waals surface area contributed by atoms with Crippen molar-refractivity contribution in [3.63, 3.8) is 0 Å². The van der Waals surface area contributed by atoms with Crippen LogP contribution in [0.15, 0.2) is 0 Å². The monoisotopic (exact) mass is 183 g/mol. The van der Waals surface area contributed by atoms with Gasteiger partial charge in [-0.15, -0.1) is 22.2 Å². The Balaban J connectivity index is 4.01. The minimum atomic E-state index is -1.17.